The van der Waals surface area contributed by atoms with Crippen LogP contribution in [0.3, 0.4) is 0 Å². The number of benzene rings is 1. The van der Waals surface area contributed by atoms with E-state index in [2.05, 4.69) is 9.71 Å². The molecule has 3 N–H and O–H groups in total. The van der Waals surface area contributed by atoms with E-state index in [0.717, 1.165) is 0 Å². The van der Waals surface area contributed by atoms with Gasteiger partial charge in [0.05, 0.1) is 22.7 Å². The third-order valence-electron chi connectivity index (χ3n) is 2.24. The van der Waals surface area contributed by atoms with Gasteiger partial charge in [0.25, 0.3) is 10.0 Å². The van der Waals surface area contributed by atoms with Crippen molar-refractivity contribution in [2.24, 2.45) is 7.05 Å². The number of nitrogens with one attached hydrogen (secondary N) is 1. The highest BCUT2D eigenvalue weighted by atomic mass is 35.5. The molecule has 0 fully saturated rings. The number of hydrogen-bond donors (Lipinski definition) is 2. The fourth-order valence-corrected chi connectivity index (χ4v) is 2.74. The molecule has 0 amide bonds. The number of aryl methyl sites for hydroxylation is 1. The zero-order chi connectivity index (χ0) is 13.3. The van der Waals surface area contributed by atoms with Crippen LogP contribution in [0, 0.1) is 0 Å². The van der Waals surface area contributed by atoms with Crippen molar-refractivity contribution in [3.63, 3.8) is 0 Å². The molecule has 6 nitrogen and oxygen atoms in total. The molecular weight excluding hydrogens is 276 g/mol. The molecule has 0 spiro atoms. The molecule has 0 atom stereocenters. The number of rotatable bonds is 3. The quantitative estimate of drug-likeness (QED) is 0.836. The SMILES string of the molecule is Cn1cnc(S(=O)(=O)Nc2c(N)cccc2Cl)c1. The Hall–Kier alpha value is -1.73. The van der Waals surface area contributed by atoms with Crippen molar-refractivity contribution >= 4 is 33.0 Å². The van der Waals surface area contributed by atoms with E-state index in [1.54, 1.807) is 25.2 Å². The van der Waals surface area contributed by atoms with Crippen LogP contribution in [0.4, 0.5) is 11.4 Å². The number of halogens is 1. The van der Waals surface area contributed by atoms with Gasteiger partial charge in [0, 0.05) is 13.2 Å². The van der Waals surface area contributed by atoms with Gasteiger partial charge in [-0.05, 0) is 12.1 Å². The van der Waals surface area contributed by atoms with E-state index < -0.39 is 10.0 Å². The average Bonchev–Trinajstić information content (AvgIpc) is 2.71. The summed E-state index contributed by atoms with van der Waals surface area (Å²) >= 11 is 5.90. The molecule has 0 saturated carbocycles. The fraction of sp³-hybridized carbons (Fsp3) is 0.100. The van der Waals surface area contributed by atoms with E-state index >= 15 is 0 Å². The van der Waals surface area contributed by atoms with Crippen LogP contribution in [0.1, 0.15) is 0 Å². The molecule has 0 aliphatic rings. The second-order valence-electron chi connectivity index (χ2n) is 3.69. The second kappa shape index (κ2) is 4.51. The Kier molecular flexibility index (Phi) is 3.18. The van der Waals surface area contributed by atoms with Gasteiger partial charge in [-0.15, -0.1) is 0 Å². The van der Waals surface area contributed by atoms with Gasteiger partial charge in [-0.3, -0.25) is 4.72 Å². The van der Waals surface area contributed by atoms with Crippen molar-refractivity contribution in [3.05, 3.63) is 35.7 Å². The van der Waals surface area contributed by atoms with E-state index in [1.165, 1.54) is 17.1 Å². The molecular formula is C10H11ClN4O2S. The van der Waals surface area contributed by atoms with E-state index in [-0.39, 0.29) is 21.4 Å². The molecule has 2 rings (SSSR count). The summed E-state index contributed by atoms with van der Waals surface area (Å²) in [6.45, 7) is 0. The normalized spacial score (nSPS) is 11.4. The van der Waals surface area contributed by atoms with E-state index in [4.69, 9.17) is 17.3 Å². The van der Waals surface area contributed by atoms with Crippen molar-refractivity contribution in [2.75, 3.05) is 10.5 Å². The van der Waals surface area contributed by atoms with Crippen molar-refractivity contribution in [1.82, 2.24) is 9.55 Å². The van der Waals surface area contributed by atoms with Crippen LogP contribution < -0.4 is 10.5 Å². The van der Waals surface area contributed by atoms with Crippen molar-refractivity contribution in [2.45, 2.75) is 5.03 Å². The number of nitrogen functional groups attached to an aromatic ring is 1. The first-order valence-corrected chi connectivity index (χ1v) is 6.81. The number of para-hydroxylation sites is 1. The summed E-state index contributed by atoms with van der Waals surface area (Å²) in [4.78, 5) is 3.77. The van der Waals surface area contributed by atoms with Crippen LogP contribution in [-0.2, 0) is 17.1 Å². The number of aromatic nitrogens is 2. The van der Waals surface area contributed by atoms with E-state index in [1.807, 2.05) is 0 Å². The van der Waals surface area contributed by atoms with Crippen molar-refractivity contribution < 1.29 is 8.42 Å². The molecule has 1 aromatic carbocycles. The maximum Gasteiger partial charge on any atom is 0.281 e. The molecule has 0 radical (unpaired) electrons. The standard InChI is InChI=1S/C10H11ClN4O2S/c1-15-5-9(13-6-15)18(16,17)14-10-7(11)3-2-4-8(10)12/h2-6,14H,12H2,1H3. The second-order valence-corrected chi connectivity index (χ2v) is 5.72. The third-order valence-corrected chi connectivity index (χ3v) is 3.79. The number of imidazole rings is 1. The Morgan fingerprint density at radius 1 is 1.44 bits per heavy atom. The van der Waals surface area contributed by atoms with Gasteiger partial charge in [-0.25, -0.2) is 4.98 Å². The van der Waals surface area contributed by atoms with Crippen LogP contribution in [0.5, 0.6) is 0 Å². The summed E-state index contributed by atoms with van der Waals surface area (Å²) in [5.41, 5.74) is 6.08. The molecule has 8 heteroatoms. The van der Waals surface area contributed by atoms with Gasteiger partial charge >= 0.3 is 0 Å². The number of sulfonamides is 1. The van der Waals surface area contributed by atoms with Crippen molar-refractivity contribution in [1.29, 1.82) is 0 Å². The molecule has 0 bridgehead atoms. The number of nitrogens with zero attached hydrogens (tertiary/aromatic N) is 2. The minimum absolute atomic E-state index is 0.0932. The van der Waals surface area contributed by atoms with Crippen molar-refractivity contribution in [3.8, 4) is 0 Å². The summed E-state index contributed by atoms with van der Waals surface area (Å²) in [5, 5.41) is 0.138. The summed E-state index contributed by atoms with van der Waals surface area (Å²) in [6.07, 6.45) is 2.78. The van der Waals surface area contributed by atoms with Crippen LogP contribution in [0.25, 0.3) is 0 Å². The Morgan fingerprint density at radius 2 is 2.17 bits per heavy atom. The highest BCUT2D eigenvalue weighted by molar-refractivity contribution is 7.92. The summed E-state index contributed by atoms with van der Waals surface area (Å²) in [6, 6.07) is 4.74. The molecule has 0 aliphatic carbocycles. The Labute approximate surface area is 109 Å². The Balaban J connectivity index is 2.40. The molecule has 18 heavy (non-hydrogen) atoms. The maximum absolute atomic E-state index is 12.0. The lowest BCUT2D eigenvalue weighted by atomic mass is 10.3. The minimum atomic E-state index is -3.78. The lowest BCUT2D eigenvalue weighted by Gasteiger charge is -2.10. The van der Waals surface area contributed by atoms with E-state index in [0.29, 0.717) is 0 Å². The van der Waals surface area contributed by atoms with Crippen LogP contribution in [0.15, 0.2) is 35.7 Å². The molecule has 0 aliphatic heterocycles. The first kappa shape index (κ1) is 12.7. The first-order valence-electron chi connectivity index (χ1n) is 4.95. The molecule has 0 unspecified atom stereocenters. The molecule has 1 heterocycles. The summed E-state index contributed by atoms with van der Waals surface area (Å²) < 4.78 is 27.9. The molecule has 96 valence electrons. The molecule has 2 aromatic rings. The monoisotopic (exact) mass is 286 g/mol. The zero-order valence-corrected chi connectivity index (χ0v) is 11.0. The van der Waals surface area contributed by atoms with Gasteiger partial charge in [0.15, 0.2) is 5.03 Å². The Morgan fingerprint density at radius 3 is 2.72 bits per heavy atom. The smallest absolute Gasteiger partial charge is 0.281 e. The number of nitrogens with two attached hydrogens (primary N) is 1. The fourth-order valence-electron chi connectivity index (χ4n) is 1.36. The van der Waals surface area contributed by atoms with Gasteiger partial charge in [0.2, 0.25) is 0 Å². The zero-order valence-electron chi connectivity index (χ0n) is 9.46. The predicted octanol–water partition coefficient (Wildman–Crippen LogP) is 1.46. The maximum atomic E-state index is 12.0. The summed E-state index contributed by atoms with van der Waals surface area (Å²) in [5.74, 6) is 0. The Bertz CT molecular complexity index is 661. The van der Waals surface area contributed by atoms with Gasteiger partial charge in [-0.2, -0.15) is 8.42 Å². The molecule has 0 saturated heterocycles. The minimum Gasteiger partial charge on any atom is -0.397 e. The van der Waals surface area contributed by atoms with Crippen LogP contribution in [0.2, 0.25) is 5.02 Å². The van der Waals surface area contributed by atoms with Crippen LogP contribution in [-0.4, -0.2) is 18.0 Å². The first-order chi connectivity index (χ1) is 8.40. The molecule has 1 aromatic heterocycles. The topological polar surface area (TPSA) is 90.0 Å². The van der Waals surface area contributed by atoms with Gasteiger partial charge in [-0.1, -0.05) is 17.7 Å². The van der Waals surface area contributed by atoms with E-state index in [9.17, 15) is 8.42 Å². The van der Waals surface area contributed by atoms with Gasteiger partial charge in [0.1, 0.15) is 0 Å². The lowest BCUT2D eigenvalue weighted by molar-refractivity contribution is 0.598. The van der Waals surface area contributed by atoms with Gasteiger partial charge < -0.3 is 10.3 Å². The average molecular weight is 287 g/mol. The number of anilines is 2. The number of hydrogen-bond acceptors (Lipinski definition) is 4. The lowest BCUT2D eigenvalue weighted by Crippen LogP contribution is -2.14. The van der Waals surface area contributed by atoms with Crippen LogP contribution >= 0.6 is 11.6 Å². The predicted molar refractivity (Wildman–Crippen MR) is 69.9 cm³/mol. The largest absolute Gasteiger partial charge is 0.397 e. The highest BCUT2D eigenvalue weighted by Gasteiger charge is 2.19. The third kappa shape index (κ3) is 2.41. The summed E-state index contributed by atoms with van der Waals surface area (Å²) in [7, 11) is -2.11. The highest BCUT2D eigenvalue weighted by Crippen LogP contribution is 2.29.